The summed E-state index contributed by atoms with van der Waals surface area (Å²) in [4.78, 5) is 22.4. The minimum absolute atomic E-state index is 0.0529. The molecule has 5 heteroatoms. The van der Waals surface area contributed by atoms with Gasteiger partial charge in [0.15, 0.2) is 0 Å². The highest BCUT2D eigenvalue weighted by Crippen LogP contribution is 2.19. The van der Waals surface area contributed by atoms with Crippen LogP contribution in [-0.2, 0) is 19.5 Å². The first kappa shape index (κ1) is 16.5. The van der Waals surface area contributed by atoms with Crippen LogP contribution in [0.2, 0.25) is 0 Å². The van der Waals surface area contributed by atoms with Crippen molar-refractivity contribution < 1.29 is 0 Å². The molecule has 0 saturated carbocycles. The number of aromatic amines is 1. The van der Waals surface area contributed by atoms with Crippen molar-refractivity contribution in [2.45, 2.75) is 26.4 Å². The highest BCUT2D eigenvalue weighted by molar-refractivity contribution is 5.54. The van der Waals surface area contributed by atoms with Crippen LogP contribution in [0.25, 0.3) is 0 Å². The number of nitrogens with zero attached hydrogens (tertiary/aromatic N) is 2. The molecule has 0 fully saturated rings. The van der Waals surface area contributed by atoms with E-state index in [1.54, 1.807) is 0 Å². The molecule has 0 spiro atoms. The maximum absolute atomic E-state index is 12.6. The van der Waals surface area contributed by atoms with Crippen LogP contribution in [0.15, 0.2) is 59.4 Å². The maximum atomic E-state index is 12.6. The Morgan fingerprint density at radius 2 is 2.00 bits per heavy atom. The summed E-state index contributed by atoms with van der Waals surface area (Å²) in [5, 5.41) is 3.21. The molecule has 0 amide bonds. The number of H-pyrrole nitrogens is 1. The average molecular weight is 346 g/mol. The van der Waals surface area contributed by atoms with Crippen molar-refractivity contribution in [2.24, 2.45) is 0 Å². The maximum Gasteiger partial charge on any atom is 0.257 e. The predicted octanol–water partition coefficient (Wildman–Crippen LogP) is 3.38. The SMILES string of the molecule is Cc1cccc(Nc2nc3c(c(=O)[nH]2)CN(Cc2ccccc2)CC3)c1. The third kappa shape index (κ3) is 3.68. The van der Waals surface area contributed by atoms with Crippen LogP contribution in [0.4, 0.5) is 11.6 Å². The van der Waals surface area contributed by atoms with Crippen LogP contribution < -0.4 is 10.9 Å². The van der Waals surface area contributed by atoms with Crippen molar-refractivity contribution in [3.8, 4) is 0 Å². The van der Waals surface area contributed by atoms with Gasteiger partial charge in [-0.25, -0.2) is 4.98 Å². The van der Waals surface area contributed by atoms with E-state index in [1.165, 1.54) is 5.56 Å². The summed E-state index contributed by atoms with van der Waals surface area (Å²) >= 11 is 0. The lowest BCUT2D eigenvalue weighted by molar-refractivity contribution is 0.242. The van der Waals surface area contributed by atoms with Crippen LogP contribution in [0.3, 0.4) is 0 Å². The number of hydrogen-bond donors (Lipinski definition) is 2. The second-order valence-corrected chi connectivity index (χ2v) is 6.78. The second-order valence-electron chi connectivity index (χ2n) is 6.78. The molecule has 0 atom stereocenters. The van der Waals surface area contributed by atoms with Gasteiger partial charge >= 0.3 is 0 Å². The molecule has 1 aromatic heterocycles. The van der Waals surface area contributed by atoms with Gasteiger partial charge in [0.1, 0.15) is 0 Å². The van der Waals surface area contributed by atoms with E-state index >= 15 is 0 Å². The van der Waals surface area contributed by atoms with Crippen LogP contribution >= 0.6 is 0 Å². The summed E-state index contributed by atoms with van der Waals surface area (Å²) in [5.41, 5.74) is 4.97. The lowest BCUT2D eigenvalue weighted by Crippen LogP contribution is -2.35. The fraction of sp³-hybridized carbons (Fsp3) is 0.238. The van der Waals surface area contributed by atoms with Crippen molar-refractivity contribution in [2.75, 3.05) is 11.9 Å². The zero-order chi connectivity index (χ0) is 17.9. The number of benzene rings is 2. The second kappa shape index (κ2) is 7.14. The smallest absolute Gasteiger partial charge is 0.257 e. The Morgan fingerprint density at radius 1 is 1.15 bits per heavy atom. The summed E-state index contributed by atoms with van der Waals surface area (Å²) in [6, 6.07) is 18.4. The molecule has 2 heterocycles. The molecule has 3 aromatic rings. The molecule has 2 N–H and O–H groups in total. The normalized spacial score (nSPS) is 14.0. The number of aryl methyl sites for hydroxylation is 1. The van der Waals surface area contributed by atoms with Gasteiger partial charge in [-0.05, 0) is 30.2 Å². The van der Waals surface area contributed by atoms with E-state index in [-0.39, 0.29) is 5.56 Å². The first-order valence-electron chi connectivity index (χ1n) is 8.89. The van der Waals surface area contributed by atoms with Crippen LogP contribution in [0, 0.1) is 6.92 Å². The first-order valence-corrected chi connectivity index (χ1v) is 8.89. The summed E-state index contributed by atoms with van der Waals surface area (Å²) in [7, 11) is 0. The molecule has 2 aromatic carbocycles. The Morgan fingerprint density at radius 3 is 2.81 bits per heavy atom. The number of nitrogens with one attached hydrogen (secondary N) is 2. The molecule has 0 saturated heterocycles. The largest absolute Gasteiger partial charge is 0.326 e. The van der Waals surface area contributed by atoms with Gasteiger partial charge in [-0.3, -0.25) is 14.7 Å². The highest BCUT2D eigenvalue weighted by Gasteiger charge is 2.21. The fourth-order valence-electron chi connectivity index (χ4n) is 3.38. The summed E-state index contributed by atoms with van der Waals surface area (Å²) in [6.45, 7) is 4.43. The topological polar surface area (TPSA) is 61.0 Å². The summed E-state index contributed by atoms with van der Waals surface area (Å²) in [5.74, 6) is 0.510. The molecule has 0 bridgehead atoms. The van der Waals surface area contributed by atoms with Gasteiger partial charge in [0.2, 0.25) is 5.95 Å². The number of hydrogen-bond acceptors (Lipinski definition) is 4. The first-order chi connectivity index (χ1) is 12.7. The molecule has 1 aliphatic rings. The van der Waals surface area contributed by atoms with Crippen molar-refractivity contribution in [1.82, 2.24) is 14.9 Å². The fourth-order valence-corrected chi connectivity index (χ4v) is 3.38. The van der Waals surface area contributed by atoms with Gasteiger partial charge < -0.3 is 5.32 Å². The number of fused-ring (bicyclic) bond motifs is 1. The third-order valence-corrected chi connectivity index (χ3v) is 4.68. The van der Waals surface area contributed by atoms with E-state index in [0.29, 0.717) is 12.5 Å². The minimum atomic E-state index is -0.0529. The Kier molecular flexibility index (Phi) is 4.54. The highest BCUT2D eigenvalue weighted by atomic mass is 16.1. The summed E-state index contributed by atoms with van der Waals surface area (Å²) < 4.78 is 0. The minimum Gasteiger partial charge on any atom is -0.326 e. The van der Waals surface area contributed by atoms with Gasteiger partial charge in [-0.1, -0.05) is 42.5 Å². The molecule has 4 rings (SSSR count). The van der Waals surface area contributed by atoms with Crippen molar-refractivity contribution in [1.29, 1.82) is 0 Å². The Hall–Kier alpha value is -2.92. The molecule has 0 unspecified atom stereocenters. The predicted molar refractivity (Wildman–Crippen MR) is 104 cm³/mol. The number of anilines is 2. The zero-order valence-corrected chi connectivity index (χ0v) is 14.8. The molecule has 0 radical (unpaired) electrons. The zero-order valence-electron chi connectivity index (χ0n) is 14.8. The number of rotatable bonds is 4. The van der Waals surface area contributed by atoms with Gasteiger partial charge in [0.25, 0.3) is 5.56 Å². The number of aromatic nitrogens is 2. The van der Waals surface area contributed by atoms with Gasteiger partial charge in [-0.2, -0.15) is 0 Å². The standard InChI is InChI=1S/C21H22N4O/c1-15-6-5-9-17(12-15)22-21-23-19-10-11-25(14-18(19)20(26)24-21)13-16-7-3-2-4-8-16/h2-9,12H,10-11,13-14H2,1H3,(H2,22,23,24,26). The molecule has 1 aliphatic heterocycles. The van der Waals surface area contributed by atoms with E-state index in [2.05, 4.69) is 32.3 Å². The van der Waals surface area contributed by atoms with Gasteiger partial charge in [-0.15, -0.1) is 0 Å². The summed E-state index contributed by atoms with van der Waals surface area (Å²) in [6.07, 6.45) is 0.786. The van der Waals surface area contributed by atoms with Gasteiger partial charge in [0, 0.05) is 31.7 Å². The molecule has 132 valence electrons. The van der Waals surface area contributed by atoms with E-state index in [9.17, 15) is 4.79 Å². The Labute approximate surface area is 152 Å². The third-order valence-electron chi connectivity index (χ3n) is 4.68. The quantitative estimate of drug-likeness (QED) is 0.760. The molecule has 26 heavy (non-hydrogen) atoms. The monoisotopic (exact) mass is 346 g/mol. The van der Waals surface area contributed by atoms with Crippen molar-refractivity contribution in [3.63, 3.8) is 0 Å². The van der Waals surface area contributed by atoms with E-state index in [0.717, 1.165) is 42.0 Å². The molecule has 0 aliphatic carbocycles. The Bertz CT molecular complexity index is 965. The van der Waals surface area contributed by atoms with Gasteiger partial charge in [0.05, 0.1) is 11.3 Å². The van der Waals surface area contributed by atoms with E-state index < -0.39 is 0 Å². The van der Waals surface area contributed by atoms with E-state index in [4.69, 9.17) is 0 Å². The van der Waals surface area contributed by atoms with Crippen LogP contribution in [0.1, 0.15) is 22.4 Å². The Balaban J connectivity index is 1.52. The lowest BCUT2D eigenvalue weighted by Gasteiger charge is -2.27. The lowest BCUT2D eigenvalue weighted by atomic mass is 10.1. The van der Waals surface area contributed by atoms with Crippen LogP contribution in [0.5, 0.6) is 0 Å². The van der Waals surface area contributed by atoms with Crippen LogP contribution in [-0.4, -0.2) is 21.4 Å². The molecular formula is C21H22N4O. The van der Waals surface area contributed by atoms with E-state index in [1.807, 2.05) is 49.4 Å². The molecule has 5 nitrogen and oxygen atoms in total. The molecular weight excluding hydrogens is 324 g/mol. The average Bonchev–Trinajstić information content (AvgIpc) is 2.63. The van der Waals surface area contributed by atoms with Crippen molar-refractivity contribution in [3.05, 3.63) is 87.3 Å². The van der Waals surface area contributed by atoms with Crippen molar-refractivity contribution >= 4 is 11.6 Å².